The number of thiophene rings is 1. The van der Waals surface area contributed by atoms with E-state index >= 15 is 0 Å². The number of methoxy groups -OCH3 is 1. The molecule has 0 fully saturated rings. The van der Waals surface area contributed by atoms with Crippen molar-refractivity contribution in [2.45, 2.75) is 4.90 Å². The zero-order chi connectivity index (χ0) is 17.0. The van der Waals surface area contributed by atoms with Gasteiger partial charge in [0.2, 0.25) is 10.0 Å². The highest BCUT2D eigenvalue weighted by molar-refractivity contribution is 7.89. The van der Waals surface area contributed by atoms with Crippen LogP contribution in [0.2, 0.25) is 0 Å². The first kappa shape index (κ1) is 16.9. The highest BCUT2D eigenvalue weighted by Gasteiger charge is 2.18. The van der Waals surface area contributed by atoms with Crippen molar-refractivity contribution in [3.8, 4) is 5.75 Å². The molecular weight excluding hydrogens is 342 g/mol. The van der Waals surface area contributed by atoms with Crippen LogP contribution in [0.25, 0.3) is 0 Å². The van der Waals surface area contributed by atoms with Crippen LogP contribution in [0.15, 0.2) is 40.6 Å². The predicted molar refractivity (Wildman–Crippen MR) is 83.6 cm³/mol. The Morgan fingerprint density at radius 1 is 1.17 bits per heavy atom. The molecular formula is C13H13N3O5S2. The van der Waals surface area contributed by atoms with Crippen LogP contribution >= 0.6 is 11.3 Å². The molecule has 0 aliphatic carbocycles. The number of hydrazine groups is 1. The largest absolute Gasteiger partial charge is 0.496 e. The average molecular weight is 355 g/mol. The third kappa shape index (κ3) is 4.06. The Morgan fingerprint density at radius 2 is 1.87 bits per heavy atom. The molecule has 0 saturated heterocycles. The van der Waals surface area contributed by atoms with Gasteiger partial charge >= 0.3 is 0 Å². The number of rotatable bonds is 4. The monoisotopic (exact) mass is 355 g/mol. The number of carbonyl (C=O) groups is 2. The van der Waals surface area contributed by atoms with Crippen molar-refractivity contribution in [3.63, 3.8) is 0 Å². The molecule has 0 radical (unpaired) electrons. The number of amides is 2. The number of sulfonamides is 1. The third-order valence-electron chi connectivity index (χ3n) is 2.78. The molecule has 1 aromatic heterocycles. The predicted octanol–water partition coefficient (Wildman–Crippen LogP) is 0.479. The van der Waals surface area contributed by atoms with Crippen molar-refractivity contribution in [3.05, 3.63) is 46.2 Å². The number of hydrogen-bond donors (Lipinski definition) is 3. The molecule has 0 bridgehead atoms. The van der Waals surface area contributed by atoms with Crippen molar-refractivity contribution >= 4 is 33.2 Å². The fourth-order valence-corrected chi connectivity index (χ4v) is 2.85. The fourth-order valence-electron chi connectivity index (χ4n) is 1.69. The first-order valence-corrected chi connectivity index (χ1v) is 8.60. The zero-order valence-electron chi connectivity index (χ0n) is 11.9. The second-order valence-corrected chi connectivity index (χ2v) is 6.80. The second-order valence-electron chi connectivity index (χ2n) is 4.29. The molecule has 2 aromatic rings. The van der Waals surface area contributed by atoms with Crippen LogP contribution in [0.5, 0.6) is 5.75 Å². The van der Waals surface area contributed by atoms with Crippen LogP contribution < -0.4 is 20.7 Å². The summed E-state index contributed by atoms with van der Waals surface area (Å²) >= 11 is 1.21. The van der Waals surface area contributed by atoms with Gasteiger partial charge in [-0.05, 0) is 29.6 Å². The maximum atomic E-state index is 12.1. The van der Waals surface area contributed by atoms with Crippen LogP contribution in [-0.4, -0.2) is 27.3 Å². The Hall–Kier alpha value is -2.43. The van der Waals surface area contributed by atoms with Gasteiger partial charge in [0.05, 0.1) is 22.4 Å². The van der Waals surface area contributed by atoms with E-state index in [1.165, 1.54) is 30.6 Å². The molecule has 122 valence electrons. The Balaban J connectivity index is 2.19. The van der Waals surface area contributed by atoms with Gasteiger partial charge in [0.25, 0.3) is 11.8 Å². The van der Waals surface area contributed by atoms with Crippen LogP contribution in [0.4, 0.5) is 0 Å². The summed E-state index contributed by atoms with van der Waals surface area (Å²) < 4.78 is 27.7. The Kier molecular flexibility index (Phi) is 4.98. The molecule has 2 amide bonds. The first-order valence-electron chi connectivity index (χ1n) is 6.18. The van der Waals surface area contributed by atoms with Gasteiger partial charge in [0.1, 0.15) is 5.75 Å². The topological polar surface area (TPSA) is 128 Å². The molecule has 4 N–H and O–H groups in total. The molecule has 2 rings (SSSR count). The summed E-state index contributed by atoms with van der Waals surface area (Å²) in [6.07, 6.45) is 0. The normalized spacial score (nSPS) is 10.9. The van der Waals surface area contributed by atoms with E-state index in [0.29, 0.717) is 4.88 Å². The van der Waals surface area contributed by atoms with Gasteiger partial charge in [-0.25, -0.2) is 13.6 Å². The molecule has 0 unspecified atom stereocenters. The highest BCUT2D eigenvalue weighted by atomic mass is 32.2. The lowest BCUT2D eigenvalue weighted by atomic mass is 10.2. The molecule has 0 atom stereocenters. The van der Waals surface area contributed by atoms with Crippen LogP contribution in [0, 0.1) is 0 Å². The van der Waals surface area contributed by atoms with Gasteiger partial charge in [-0.3, -0.25) is 20.4 Å². The molecule has 0 aliphatic rings. The van der Waals surface area contributed by atoms with Crippen molar-refractivity contribution in [1.29, 1.82) is 0 Å². The summed E-state index contributed by atoms with van der Waals surface area (Å²) in [6.45, 7) is 0. The quantitative estimate of drug-likeness (QED) is 0.687. The van der Waals surface area contributed by atoms with E-state index in [9.17, 15) is 18.0 Å². The summed E-state index contributed by atoms with van der Waals surface area (Å²) in [7, 11) is -2.65. The number of nitrogens with one attached hydrogen (secondary N) is 2. The number of ether oxygens (including phenoxy) is 1. The summed E-state index contributed by atoms with van der Waals surface area (Å²) in [6, 6.07) is 6.88. The molecule has 23 heavy (non-hydrogen) atoms. The standard InChI is InChI=1S/C13H13N3O5S2/c1-21-10-5-4-8(23(14,19)20)7-9(10)12(17)15-16-13(18)11-3-2-6-22-11/h2-7H,1H3,(H,15,17)(H,16,18)(H2,14,19,20). The molecule has 0 saturated carbocycles. The minimum Gasteiger partial charge on any atom is -0.496 e. The van der Waals surface area contributed by atoms with Gasteiger partial charge in [0.15, 0.2) is 0 Å². The van der Waals surface area contributed by atoms with E-state index in [1.807, 2.05) is 0 Å². The molecule has 0 aliphatic heterocycles. The molecule has 10 heteroatoms. The van der Waals surface area contributed by atoms with E-state index in [-0.39, 0.29) is 16.2 Å². The van der Waals surface area contributed by atoms with Crippen molar-refractivity contribution in [1.82, 2.24) is 10.9 Å². The van der Waals surface area contributed by atoms with E-state index in [0.717, 1.165) is 6.07 Å². The SMILES string of the molecule is COc1ccc(S(N)(=O)=O)cc1C(=O)NNC(=O)c1cccs1. The lowest BCUT2D eigenvalue weighted by molar-refractivity contribution is 0.0847. The third-order valence-corrected chi connectivity index (χ3v) is 4.56. The highest BCUT2D eigenvalue weighted by Crippen LogP contribution is 2.21. The number of hydrogen-bond acceptors (Lipinski definition) is 6. The maximum absolute atomic E-state index is 12.1. The van der Waals surface area contributed by atoms with Crippen LogP contribution in [0.1, 0.15) is 20.0 Å². The van der Waals surface area contributed by atoms with Gasteiger partial charge in [0, 0.05) is 0 Å². The van der Waals surface area contributed by atoms with Crippen molar-refractivity contribution in [2.24, 2.45) is 5.14 Å². The minimum atomic E-state index is -3.97. The van der Waals surface area contributed by atoms with E-state index in [1.54, 1.807) is 17.5 Å². The number of nitrogens with two attached hydrogens (primary N) is 1. The van der Waals surface area contributed by atoms with Gasteiger partial charge in [-0.15, -0.1) is 11.3 Å². The lowest BCUT2D eigenvalue weighted by Gasteiger charge is -2.11. The summed E-state index contributed by atoms with van der Waals surface area (Å²) in [5, 5.41) is 6.75. The van der Waals surface area contributed by atoms with Gasteiger partial charge in [-0.2, -0.15) is 0 Å². The maximum Gasteiger partial charge on any atom is 0.279 e. The summed E-state index contributed by atoms with van der Waals surface area (Å²) in [5.41, 5.74) is 4.34. The fraction of sp³-hybridized carbons (Fsp3) is 0.0769. The molecule has 0 spiro atoms. The molecule has 8 nitrogen and oxygen atoms in total. The van der Waals surface area contributed by atoms with E-state index in [2.05, 4.69) is 10.9 Å². The van der Waals surface area contributed by atoms with Crippen LogP contribution in [-0.2, 0) is 10.0 Å². The summed E-state index contributed by atoms with van der Waals surface area (Å²) in [5.74, 6) is -1.09. The lowest BCUT2D eigenvalue weighted by Crippen LogP contribution is -2.41. The van der Waals surface area contributed by atoms with Gasteiger partial charge in [-0.1, -0.05) is 6.07 Å². The van der Waals surface area contributed by atoms with E-state index < -0.39 is 21.8 Å². The Bertz CT molecular complexity index is 831. The van der Waals surface area contributed by atoms with E-state index in [4.69, 9.17) is 9.88 Å². The number of primary sulfonamides is 1. The average Bonchev–Trinajstić information content (AvgIpc) is 3.05. The minimum absolute atomic E-state index is 0.0782. The Morgan fingerprint density at radius 3 is 2.43 bits per heavy atom. The zero-order valence-corrected chi connectivity index (χ0v) is 13.5. The smallest absolute Gasteiger partial charge is 0.279 e. The number of carbonyl (C=O) groups excluding carboxylic acids is 2. The van der Waals surface area contributed by atoms with Crippen molar-refractivity contribution < 1.29 is 22.7 Å². The Labute approximate surface area is 136 Å². The van der Waals surface area contributed by atoms with Gasteiger partial charge < -0.3 is 4.74 Å². The van der Waals surface area contributed by atoms with Crippen molar-refractivity contribution in [2.75, 3.05) is 7.11 Å². The summed E-state index contributed by atoms with van der Waals surface area (Å²) in [4.78, 5) is 24.1. The molecule has 1 heterocycles. The molecule has 1 aromatic carbocycles. The first-order chi connectivity index (χ1) is 10.8. The van der Waals surface area contributed by atoms with Crippen LogP contribution in [0.3, 0.4) is 0 Å². The number of benzene rings is 1. The second kappa shape index (κ2) is 6.77.